The number of carbonyl (C=O) groups is 2. The van der Waals surface area contributed by atoms with Gasteiger partial charge in [-0.3, -0.25) is 4.79 Å². The summed E-state index contributed by atoms with van der Waals surface area (Å²) in [7, 11) is 1.68. The van der Waals surface area contributed by atoms with Crippen molar-refractivity contribution in [1.29, 1.82) is 0 Å². The van der Waals surface area contributed by atoms with Crippen LogP contribution in [0.5, 0.6) is 0 Å². The Bertz CT molecular complexity index is 727. The molecule has 0 aliphatic rings. The molecule has 1 heterocycles. The van der Waals surface area contributed by atoms with E-state index in [1.165, 1.54) is 11.8 Å². The molecule has 0 fully saturated rings. The van der Waals surface area contributed by atoms with Gasteiger partial charge < -0.3 is 20.0 Å². The number of benzene rings is 1. The zero-order valence-corrected chi connectivity index (χ0v) is 14.7. The summed E-state index contributed by atoms with van der Waals surface area (Å²) in [5.41, 5.74) is 2.21. The van der Waals surface area contributed by atoms with Gasteiger partial charge in [0.1, 0.15) is 5.76 Å². The van der Waals surface area contributed by atoms with Crippen LogP contribution < -0.4 is 10.6 Å². The van der Waals surface area contributed by atoms with Crippen LogP contribution in [0.2, 0.25) is 0 Å². The highest BCUT2D eigenvalue weighted by Gasteiger charge is 2.12. The topological polar surface area (TPSA) is 74.6 Å². The Balaban J connectivity index is 2.03. The first-order chi connectivity index (χ1) is 10.8. The molecule has 0 aliphatic carbocycles. The van der Waals surface area contributed by atoms with Crippen molar-refractivity contribution in [2.45, 2.75) is 20.4 Å². The number of amides is 3. The maximum absolute atomic E-state index is 12.2. The summed E-state index contributed by atoms with van der Waals surface area (Å²) in [5.74, 6) is 0.523. The molecule has 0 radical (unpaired) electrons. The molecule has 7 heteroatoms. The fourth-order valence-corrected chi connectivity index (χ4v) is 2.33. The second-order valence-electron chi connectivity index (χ2n) is 5.20. The summed E-state index contributed by atoms with van der Waals surface area (Å²) >= 11 is 3.23. The standard InChI is InChI=1S/C16H18BrN3O3/c1-10-4-5-12(8-14(10)18-11(2)21)19-16(22)20(3)9-13-6-7-15(17)23-13/h4-8H,9H2,1-3H3,(H,18,21)(H,19,22). The molecule has 0 saturated heterocycles. The highest BCUT2D eigenvalue weighted by molar-refractivity contribution is 9.10. The van der Waals surface area contributed by atoms with E-state index in [1.807, 2.05) is 13.0 Å². The van der Waals surface area contributed by atoms with Gasteiger partial charge in [-0.05, 0) is 52.7 Å². The number of anilines is 2. The minimum Gasteiger partial charge on any atom is -0.452 e. The second-order valence-corrected chi connectivity index (χ2v) is 5.98. The molecule has 122 valence electrons. The quantitative estimate of drug-likeness (QED) is 0.843. The molecule has 0 bridgehead atoms. The molecule has 2 N–H and O–H groups in total. The Hall–Kier alpha value is -2.28. The van der Waals surface area contributed by atoms with E-state index in [0.717, 1.165) is 5.56 Å². The zero-order chi connectivity index (χ0) is 17.0. The highest BCUT2D eigenvalue weighted by Crippen LogP contribution is 2.21. The van der Waals surface area contributed by atoms with Crippen molar-refractivity contribution < 1.29 is 14.0 Å². The van der Waals surface area contributed by atoms with E-state index in [1.54, 1.807) is 31.3 Å². The van der Waals surface area contributed by atoms with Crippen molar-refractivity contribution in [1.82, 2.24) is 4.90 Å². The molecular weight excluding hydrogens is 362 g/mol. The Morgan fingerprint density at radius 1 is 1.22 bits per heavy atom. The summed E-state index contributed by atoms with van der Waals surface area (Å²) in [5, 5.41) is 5.53. The Morgan fingerprint density at radius 3 is 2.57 bits per heavy atom. The first-order valence-electron chi connectivity index (χ1n) is 6.99. The van der Waals surface area contributed by atoms with Crippen molar-refractivity contribution in [3.8, 4) is 0 Å². The molecule has 6 nitrogen and oxygen atoms in total. The van der Waals surface area contributed by atoms with E-state index >= 15 is 0 Å². The lowest BCUT2D eigenvalue weighted by Crippen LogP contribution is -2.30. The summed E-state index contributed by atoms with van der Waals surface area (Å²) < 4.78 is 6.01. The molecule has 23 heavy (non-hydrogen) atoms. The number of rotatable bonds is 4. The summed E-state index contributed by atoms with van der Waals surface area (Å²) in [6.07, 6.45) is 0. The zero-order valence-electron chi connectivity index (χ0n) is 13.1. The van der Waals surface area contributed by atoms with Gasteiger partial charge in [0.15, 0.2) is 4.67 Å². The second kappa shape index (κ2) is 7.32. The van der Waals surface area contributed by atoms with Crippen LogP contribution in [0.4, 0.5) is 16.2 Å². The van der Waals surface area contributed by atoms with Gasteiger partial charge in [0.2, 0.25) is 5.91 Å². The van der Waals surface area contributed by atoms with E-state index < -0.39 is 0 Å². The average Bonchev–Trinajstić information content (AvgIpc) is 2.87. The van der Waals surface area contributed by atoms with E-state index in [2.05, 4.69) is 26.6 Å². The molecule has 2 aromatic rings. The van der Waals surface area contributed by atoms with E-state index in [0.29, 0.717) is 28.3 Å². The number of aryl methyl sites for hydroxylation is 1. The van der Waals surface area contributed by atoms with Gasteiger partial charge in [-0.1, -0.05) is 6.07 Å². The fraction of sp³-hybridized carbons (Fsp3) is 0.250. The lowest BCUT2D eigenvalue weighted by atomic mass is 10.2. The summed E-state index contributed by atoms with van der Waals surface area (Å²) in [6, 6.07) is 8.66. The van der Waals surface area contributed by atoms with Crippen LogP contribution in [0, 0.1) is 6.92 Å². The number of halogens is 1. The number of nitrogens with one attached hydrogen (secondary N) is 2. The molecule has 0 atom stereocenters. The SMILES string of the molecule is CC(=O)Nc1cc(NC(=O)N(C)Cc2ccc(Br)o2)ccc1C. The van der Waals surface area contributed by atoms with Crippen molar-refractivity contribution in [3.63, 3.8) is 0 Å². The Morgan fingerprint density at radius 2 is 1.96 bits per heavy atom. The fourth-order valence-electron chi connectivity index (χ4n) is 1.99. The highest BCUT2D eigenvalue weighted by atomic mass is 79.9. The normalized spacial score (nSPS) is 10.3. The Labute approximate surface area is 143 Å². The van der Waals surface area contributed by atoms with Crippen LogP contribution in [-0.4, -0.2) is 23.9 Å². The third-order valence-electron chi connectivity index (χ3n) is 3.17. The molecule has 1 aromatic heterocycles. The monoisotopic (exact) mass is 379 g/mol. The smallest absolute Gasteiger partial charge is 0.321 e. The Kier molecular flexibility index (Phi) is 5.44. The molecule has 0 unspecified atom stereocenters. The van der Waals surface area contributed by atoms with Crippen LogP contribution in [0.15, 0.2) is 39.4 Å². The van der Waals surface area contributed by atoms with Crippen LogP contribution in [0.3, 0.4) is 0 Å². The minimum atomic E-state index is -0.268. The maximum Gasteiger partial charge on any atom is 0.321 e. The maximum atomic E-state index is 12.2. The molecule has 1 aromatic carbocycles. The van der Waals surface area contributed by atoms with Crippen molar-refractivity contribution in [2.75, 3.05) is 17.7 Å². The number of urea groups is 1. The van der Waals surface area contributed by atoms with Crippen LogP contribution in [0.25, 0.3) is 0 Å². The lowest BCUT2D eigenvalue weighted by molar-refractivity contribution is -0.114. The number of carbonyl (C=O) groups excluding carboxylic acids is 2. The summed E-state index contributed by atoms with van der Waals surface area (Å²) in [6.45, 7) is 3.68. The number of hydrogen-bond acceptors (Lipinski definition) is 3. The number of nitrogens with zero attached hydrogens (tertiary/aromatic N) is 1. The van der Waals surface area contributed by atoms with Crippen molar-refractivity contribution in [3.05, 3.63) is 46.3 Å². The molecule has 2 rings (SSSR count). The van der Waals surface area contributed by atoms with Gasteiger partial charge in [0.25, 0.3) is 0 Å². The van der Waals surface area contributed by atoms with Gasteiger partial charge in [-0.15, -0.1) is 0 Å². The molecule has 0 spiro atoms. The van der Waals surface area contributed by atoms with Gasteiger partial charge in [-0.2, -0.15) is 0 Å². The van der Waals surface area contributed by atoms with Gasteiger partial charge >= 0.3 is 6.03 Å². The molecule has 0 aliphatic heterocycles. The predicted octanol–water partition coefficient (Wildman–Crippen LogP) is 3.97. The van der Waals surface area contributed by atoms with Crippen LogP contribution in [-0.2, 0) is 11.3 Å². The van der Waals surface area contributed by atoms with Gasteiger partial charge in [0, 0.05) is 25.3 Å². The van der Waals surface area contributed by atoms with Gasteiger partial charge in [0.05, 0.1) is 6.54 Å². The third kappa shape index (κ3) is 4.85. The minimum absolute atomic E-state index is 0.155. The third-order valence-corrected chi connectivity index (χ3v) is 3.59. The van der Waals surface area contributed by atoms with Crippen LogP contribution in [0.1, 0.15) is 18.2 Å². The largest absolute Gasteiger partial charge is 0.452 e. The number of furan rings is 1. The van der Waals surface area contributed by atoms with E-state index in [4.69, 9.17) is 4.42 Å². The average molecular weight is 380 g/mol. The van der Waals surface area contributed by atoms with Crippen molar-refractivity contribution >= 4 is 39.2 Å². The predicted molar refractivity (Wildman–Crippen MR) is 92.4 cm³/mol. The van der Waals surface area contributed by atoms with Crippen LogP contribution >= 0.6 is 15.9 Å². The van der Waals surface area contributed by atoms with E-state index in [9.17, 15) is 9.59 Å². The molecule has 0 saturated carbocycles. The first kappa shape index (κ1) is 17.1. The number of hydrogen-bond donors (Lipinski definition) is 2. The lowest BCUT2D eigenvalue weighted by Gasteiger charge is -2.17. The van der Waals surface area contributed by atoms with E-state index in [-0.39, 0.29) is 11.9 Å². The first-order valence-corrected chi connectivity index (χ1v) is 7.79. The van der Waals surface area contributed by atoms with Gasteiger partial charge in [-0.25, -0.2) is 4.79 Å². The molecule has 3 amide bonds. The summed E-state index contributed by atoms with van der Waals surface area (Å²) in [4.78, 5) is 24.9. The molecular formula is C16H18BrN3O3. The van der Waals surface area contributed by atoms with Crippen molar-refractivity contribution in [2.24, 2.45) is 0 Å².